The van der Waals surface area contributed by atoms with Gasteiger partial charge in [0.25, 0.3) is 0 Å². The number of carbonyl (C=O) groups is 3. The van der Waals surface area contributed by atoms with Gasteiger partial charge in [-0.15, -0.1) is 0 Å². The van der Waals surface area contributed by atoms with Crippen LogP contribution in [0.2, 0.25) is 0 Å². The van der Waals surface area contributed by atoms with Gasteiger partial charge in [0.15, 0.2) is 0 Å². The number of hydrogen-bond donors (Lipinski definition) is 1. The molecule has 3 amide bonds. The van der Waals surface area contributed by atoms with Crippen LogP contribution in [0.3, 0.4) is 0 Å². The topological polar surface area (TPSA) is 79.0 Å². The molecule has 0 bridgehead atoms. The van der Waals surface area contributed by atoms with Crippen LogP contribution in [-0.2, 0) is 19.1 Å². The fourth-order valence-corrected chi connectivity index (χ4v) is 5.92. The minimum absolute atomic E-state index is 0.0163. The van der Waals surface area contributed by atoms with Gasteiger partial charge in [0.05, 0.1) is 38.2 Å². The van der Waals surface area contributed by atoms with Gasteiger partial charge >= 0.3 is 0 Å². The number of hydrogen-bond acceptors (Lipinski definition) is 4. The third-order valence-corrected chi connectivity index (χ3v) is 8.15. The average molecular weight is 522 g/mol. The van der Waals surface area contributed by atoms with Crippen LogP contribution in [0, 0.1) is 5.92 Å². The van der Waals surface area contributed by atoms with E-state index in [9.17, 15) is 18.8 Å². The Kier molecular flexibility index (Phi) is 7.27. The molecule has 3 fully saturated rings. The van der Waals surface area contributed by atoms with E-state index in [2.05, 4.69) is 31.3 Å². The molecule has 4 atom stereocenters. The summed E-state index contributed by atoms with van der Waals surface area (Å²) < 4.78 is 20.6. The number of carbonyl (C=O) groups excluding carboxylic acids is 3. The number of halogens is 1. The molecule has 3 saturated heterocycles. The summed E-state index contributed by atoms with van der Waals surface area (Å²) in [6.07, 6.45) is -0.808. The van der Waals surface area contributed by atoms with Gasteiger partial charge in [-0.3, -0.25) is 14.4 Å². The van der Waals surface area contributed by atoms with E-state index in [1.54, 1.807) is 4.90 Å². The Balaban J connectivity index is 1.31. The summed E-state index contributed by atoms with van der Waals surface area (Å²) in [6, 6.07) is 16.5. The smallest absolute Gasteiger partial charge is 0.243 e. The molecule has 1 spiro atoms. The van der Waals surface area contributed by atoms with Gasteiger partial charge in [-0.05, 0) is 29.0 Å². The Morgan fingerprint density at radius 2 is 1.63 bits per heavy atom. The lowest BCUT2D eigenvalue weighted by molar-refractivity contribution is -0.155. The fourth-order valence-electron chi connectivity index (χ4n) is 5.92. The summed E-state index contributed by atoms with van der Waals surface area (Å²) in [6.45, 7) is 6.84. The van der Waals surface area contributed by atoms with Crippen molar-refractivity contribution in [2.75, 3.05) is 26.2 Å². The zero-order valence-corrected chi connectivity index (χ0v) is 22.2. The van der Waals surface area contributed by atoms with Gasteiger partial charge in [0.1, 0.15) is 17.8 Å². The molecule has 3 heterocycles. The van der Waals surface area contributed by atoms with Crippen molar-refractivity contribution in [1.82, 2.24) is 15.1 Å². The SMILES string of the molecule is CC(=O)N1CC2(CC(C(=O)N3CC(F)CC3C(=O)NC(c3ccccc3)c3ccc(C(C)C)cc3)CO2)C1. The van der Waals surface area contributed by atoms with E-state index in [1.807, 2.05) is 42.5 Å². The third kappa shape index (κ3) is 5.19. The van der Waals surface area contributed by atoms with E-state index < -0.39 is 29.8 Å². The van der Waals surface area contributed by atoms with Gasteiger partial charge in [0, 0.05) is 13.3 Å². The summed E-state index contributed by atoms with van der Waals surface area (Å²) in [4.78, 5) is 41.8. The molecule has 5 rings (SSSR count). The van der Waals surface area contributed by atoms with Gasteiger partial charge in [-0.25, -0.2) is 4.39 Å². The molecule has 7 nitrogen and oxygen atoms in total. The zero-order valence-electron chi connectivity index (χ0n) is 22.2. The van der Waals surface area contributed by atoms with Gasteiger partial charge in [-0.1, -0.05) is 68.4 Å². The predicted octanol–water partition coefficient (Wildman–Crippen LogP) is 3.59. The lowest BCUT2D eigenvalue weighted by Crippen LogP contribution is -2.62. The minimum Gasteiger partial charge on any atom is -0.370 e. The van der Waals surface area contributed by atoms with Crippen LogP contribution in [-0.4, -0.2) is 71.6 Å². The maximum absolute atomic E-state index is 14.7. The third-order valence-electron chi connectivity index (χ3n) is 8.15. The Bertz CT molecular complexity index is 1180. The van der Waals surface area contributed by atoms with Crippen LogP contribution in [0.5, 0.6) is 0 Å². The van der Waals surface area contributed by atoms with Gasteiger partial charge in [0.2, 0.25) is 17.7 Å². The first kappa shape index (κ1) is 26.4. The summed E-state index contributed by atoms with van der Waals surface area (Å²) in [5.74, 6) is -0.686. The fraction of sp³-hybridized carbons (Fsp3) is 0.500. The van der Waals surface area contributed by atoms with Crippen LogP contribution in [0.1, 0.15) is 62.3 Å². The molecular formula is C30H36FN3O4. The zero-order chi connectivity index (χ0) is 27.0. The first-order chi connectivity index (χ1) is 18.2. The summed E-state index contributed by atoms with van der Waals surface area (Å²) in [7, 11) is 0. The highest BCUT2D eigenvalue weighted by molar-refractivity contribution is 5.90. The Morgan fingerprint density at radius 1 is 1.00 bits per heavy atom. The first-order valence-electron chi connectivity index (χ1n) is 13.4. The van der Waals surface area contributed by atoms with Crippen molar-refractivity contribution >= 4 is 17.7 Å². The lowest BCUT2D eigenvalue weighted by Gasteiger charge is -2.46. The molecule has 0 aromatic heterocycles. The second-order valence-corrected chi connectivity index (χ2v) is 11.3. The van der Waals surface area contributed by atoms with Crippen molar-refractivity contribution in [3.63, 3.8) is 0 Å². The van der Waals surface area contributed by atoms with Crippen molar-refractivity contribution in [2.45, 2.75) is 63.4 Å². The number of nitrogens with zero attached hydrogens (tertiary/aromatic N) is 2. The first-order valence-corrected chi connectivity index (χ1v) is 13.4. The molecule has 0 saturated carbocycles. The Labute approximate surface area is 223 Å². The van der Waals surface area contributed by atoms with Gasteiger partial charge < -0.3 is 19.9 Å². The quantitative estimate of drug-likeness (QED) is 0.630. The van der Waals surface area contributed by atoms with Crippen molar-refractivity contribution in [3.05, 3.63) is 71.3 Å². The molecule has 1 N–H and O–H groups in total. The predicted molar refractivity (Wildman–Crippen MR) is 141 cm³/mol. The largest absolute Gasteiger partial charge is 0.370 e. The van der Waals surface area contributed by atoms with Crippen LogP contribution < -0.4 is 5.32 Å². The van der Waals surface area contributed by atoms with Crippen molar-refractivity contribution < 1.29 is 23.5 Å². The van der Waals surface area contributed by atoms with E-state index in [0.29, 0.717) is 25.4 Å². The van der Waals surface area contributed by atoms with Crippen molar-refractivity contribution in [1.29, 1.82) is 0 Å². The van der Waals surface area contributed by atoms with E-state index in [1.165, 1.54) is 17.4 Å². The van der Waals surface area contributed by atoms with Gasteiger partial charge in [-0.2, -0.15) is 0 Å². The summed E-state index contributed by atoms with van der Waals surface area (Å²) in [5, 5.41) is 3.12. The average Bonchev–Trinajstić information content (AvgIpc) is 3.51. The minimum atomic E-state index is -1.26. The highest BCUT2D eigenvalue weighted by atomic mass is 19.1. The molecule has 3 aliphatic heterocycles. The summed E-state index contributed by atoms with van der Waals surface area (Å²) in [5.41, 5.74) is 2.54. The number of amides is 3. The monoisotopic (exact) mass is 521 g/mol. The molecule has 38 heavy (non-hydrogen) atoms. The second-order valence-electron chi connectivity index (χ2n) is 11.3. The molecule has 202 valence electrons. The molecule has 0 aliphatic carbocycles. The molecule has 4 unspecified atom stereocenters. The Morgan fingerprint density at radius 3 is 2.26 bits per heavy atom. The summed E-state index contributed by atoms with van der Waals surface area (Å²) >= 11 is 0. The number of ether oxygens (including phenoxy) is 1. The molecule has 8 heteroatoms. The molecule has 2 aromatic rings. The highest BCUT2D eigenvalue weighted by Crippen LogP contribution is 2.39. The van der Waals surface area contributed by atoms with E-state index in [-0.39, 0.29) is 37.3 Å². The van der Waals surface area contributed by atoms with E-state index in [0.717, 1.165) is 11.1 Å². The number of benzene rings is 2. The number of alkyl halides is 1. The Hall–Kier alpha value is -3.26. The molecule has 0 radical (unpaired) electrons. The maximum atomic E-state index is 14.7. The van der Waals surface area contributed by atoms with Crippen LogP contribution >= 0.6 is 0 Å². The highest BCUT2D eigenvalue weighted by Gasteiger charge is 2.54. The van der Waals surface area contributed by atoms with Crippen LogP contribution in [0.15, 0.2) is 54.6 Å². The number of nitrogens with one attached hydrogen (secondary N) is 1. The van der Waals surface area contributed by atoms with Crippen LogP contribution in [0.4, 0.5) is 4.39 Å². The van der Waals surface area contributed by atoms with Crippen molar-refractivity contribution in [2.24, 2.45) is 5.92 Å². The molecule has 2 aromatic carbocycles. The molecule has 3 aliphatic rings. The normalized spacial score (nSPS) is 24.9. The van der Waals surface area contributed by atoms with Crippen LogP contribution in [0.25, 0.3) is 0 Å². The van der Waals surface area contributed by atoms with Crippen molar-refractivity contribution in [3.8, 4) is 0 Å². The standard InChI is InChI=1S/C30H36FN3O4/c1-19(2)21-9-11-23(12-10-21)27(22-7-5-4-6-8-22)32-28(36)26-13-25(31)15-34(26)29(37)24-14-30(38-16-24)17-33(18-30)20(3)35/h4-12,19,24-27H,13-18H2,1-3H3,(H,32,36). The lowest BCUT2D eigenvalue weighted by atomic mass is 9.86. The maximum Gasteiger partial charge on any atom is 0.243 e. The van der Waals surface area contributed by atoms with E-state index >= 15 is 0 Å². The van der Waals surface area contributed by atoms with E-state index in [4.69, 9.17) is 4.74 Å². The second kappa shape index (κ2) is 10.5. The number of likely N-dealkylation sites (tertiary alicyclic amines) is 2. The molecular weight excluding hydrogens is 485 g/mol. The number of rotatable bonds is 6.